The highest BCUT2D eigenvalue weighted by Crippen LogP contribution is 2.24. The van der Waals surface area contributed by atoms with Crippen LogP contribution in [-0.2, 0) is 4.79 Å². The van der Waals surface area contributed by atoms with Crippen molar-refractivity contribution in [2.24, 2.45) is 5.92 Å². The molecule has 1 fully saturated rings. The van der Waals surface area contributed by atoms with E-state index in [0.717, 1.165) is 38.8 Å². The van der Waals surface area contributed by atoms with Crippen molar-refractivity contribution in [3.8, 4) is 5.75 Å². The molecule has 0 unspecified atom stereocenters. The van der Waals surface area contributed by atoms with Gasteiger partial charge in [0.15, 0.2) is 5.78 Å². The molecule has 0 aromatic heterocycles. The van der Waals surface area contributed by atoms with Gasteiger partial charge in [0.1, 0.15) is 5.75 Å². The standard InChI is InChI=1S/C18H25ClN2O3/c1-24-17-6-5-14(19)12-15(17)16(22)4-2-3-9-21-18(23)13-7-10-20-11-8-13/h5-6,12-13,20H,2-4,7-11H2,1H3,(H,21,23). The summed E-state index contributed by atoms with van der Waals surface area (Å²) in [5.74, 6) is 0.825. The summed E-state index contributed by atoms with van der Waals surface area (Å²) in [6.45, 7) is 2.44. The molecule has 24 heavy (non-hydrogen) atoms. The Morgan fingerprint density at radius 1 is 1.29 bits per heavy atom. The highest BCUT2D eigenvalue weighted by molar-refractivity contribution is 6.31. The van der Waals surface area contributed by atoms with Crippen molar-refractivity contribution in [3.63, 3.8) is 0 Å². The second-order valence-electron chi connectivity index (χ2n) is 6.04. The molecule has 0 aliphatic carbocycles. The number of nitrogens with one attached hydrogen (secondary N) is 2. The molecule has 5 nitrogen and oxygen atoms in total. The van der Waals surface area contributed by atoms with Crippen LogP contribution in [0, 0.1) is 5.92 Å². The third kappa shape index (κ3) is 5.49. The van der Waals surface area contributed by atoms with E-state index in [0.29, 0.717) is 29.3 Å². The zero-order valence-corrected chi connectivity index (χ0v) is 14.8. The third-order valence-corrected chi connectivity index (χ3v) is 4.54. The summed E-state index contributed by atoms with van der Waals surface area (Å²) in [6, 6.07) is 5.05. The van der Waals surface area contributed by atoms with Crippen LogP contribution in [0.3, 0.4) is 0 Å². The van der Waals surface area contributed by atoms with Crippen LogP contribution >= 0.6 is 11.6 Å². The van der Waals surface area contributed by atoms with Crippen molar-refractivity contribution in [3.05, 3.63) is 28.8 Å². The number of hydrogen-bond donors (Lipinski definition) is 2. The van der Waals surface area contributed by atoms with Crippen molar-refractivity contribution >= 4 is 23.3 Å². The summed E-state index contributed by atoms with van der Waals surface area (Å²) >= 11 is 5.95. The summed E-state index contributed by atoms with van der Waals surface area (Å²) in [7, 11) is 1.54. The molecule has 0 radical (unpaired) electrons. The number of rotatable bonds is 8. The molecule has 132 valence electrons. The van der Waals surface area contributed by atoms with Crippen molar-refractivity contribution in [2.45, 2.75) is 32.1 Å². The minimum absolute atomic E-state index is 0.0130. The number of ketones is 1. The highest BCUT2D eigenvalue weighted by Gasteiger charge is 2.20. The Hall–Kier alpha value is -1.59. The lowest BCUT2D eigenvalue weighted by Gasteiger charge is -2.21. The first-order chi connectivity index (χ1) is 11.6. The molecular formula is C18H25ClN2O3. The van der Waals surface area contributed by atoms with Gasteiger partial charge in [0.25, 0.3) is 0 Å². The van der Waals surface area contributed by atoms with Gasteiger partial charge in [-0.3, -0.25) is 9.59 Å². The number of halogens is 1. The van der Waals surface area contributed by atoms with Crippen LogP contribution in [0.4, 0.5) is 0 Å². The highest BCUT2D eigenvalue weighted by atomic mass is 35.5. The first kappa shape index (κ1) is 18.7. The van der Waals surface area contributed by atoms with E-state index < -0.39 is 0 Å². The number of carbonyl (C=O) groups excluding carboxylic acids is 2. The van der Waals surface area contributed by atoms with Crippen LogP contribution in [0.15, 0.2) is 18.2 Å². The average Bonchev–Trinajstić information content (AvgIpc) is 2.61. The lowest BCUT2D eigenvalue weighted by molar-refractivity contribution is -0.125. The van der Waals surface area contributed by atoms with Gasteiger partial charge in [-0.05, 0) is 57.0 Å². The van der Waals surface area contributed by atoms with E-state index in [1.807, 2.05) is 0 Å². The van der Waals surface area contributed by atoms with E-state index >= 15 is 0 Å². The van der Waals surface area contributed by atoms with Crippen LogP contribution in [0.5, 0.6) is 5.75 Å². The fourth-order valence-electron chi connectivity index (χ4n) is 2.88. The second kappa shape index (κ2) is 9.64. The van der Waals surface area contributed by atoms with Gasteiger partial charge in [-0.15, -0.1) is 0 Å². The Kier molecular flexibility index (Phi) is 7.53. The maximum absolute atomic E-state index is 12.3. The average molecular weight is 353 g/mol. The lowest BCUT2D eigenvalue weighted by Crippen LogP contribution is -2.38. The smallest absolute Gasteiger partial charge is 0.223 e. The van der Waals surface area contributed by atoms with Crippen LogP contribution in [0.2, 0.25) is 5.02 Å². The van der Waals surface area contributed by atoms with Crippen LogP contribution in [-0.4, -0.2) is 38.4 Å². The fourth-order valence-corrected chi connectivity index (χ4v) is 3.06. The van der Waals surface area contributed by atoms with Crippen LogP contribution in [0.1, 0.15) is 42.5 Å². The quantitative estimate of drug-likeness (QED) is 0.557. The maximum atomic E-state index is 12.3. The lowest BCUT2D eigenvalue weighted by atomic mass is 9.97. The SMILES string of the molecule is COc1ccc(Cl)cc1C(=O)CCCCNC(=O)C1CCNCC1. The van der Waals surface area contributed by atoms with Crippen molar-refractivity contribution in [1.29, 1.82) is 0 Å². The third-order valence-electron chi connectivity index (χ3n) is 4.30. The molecule has 1 aromatic rings. The van der Waals surface area contributed by atoms with Crippen LogP contribution in [0.25, 0.3) is 0 Å². The molecule has 6 heteroatoms. The molecule has 0 atom stereocenters. The first-order valence-electron chi connectivity index (χ1n) is 8.47. The fraction of sp³-hybridized carbons (Fsp3) is 0.556. The number of unbranched alkanes of at least 4 members (excludes halogenated alkanes) is 1. The van der Waals surface area contributed by atoms with E-state index in [9.17, 15) is 9.59 Å². The van der Waals surface area contributed by atoms with Crippen LogP contribution < -0.4 is 15.4 Å². The molecule has 1 amide bonds. The van der Waals surface area contributed by atoms with Crippen molar-refractivity contribution in [2.75, 3.05) is 26.7 Å². The summed E-state index contributed by atoms with van der Waals surface area (Å²) in [6.07, 6.45) is 3.73. The Labute approximate surface area is 148 Å². The van der Waals surface area contributed by atoms with Gasteiger partial charge in [-0.2, -0.15) is 0 Å². The van der Waals surface area contributed by atoms with Gasteiger partial charge in [0.05, 0.1) is 12.7 Å². The molecule has 1 aromatic carbocycles. The summed E-state index contributed by atoms with van der Waals surface area (Å²) in [5, 5.41) is 6.75. The molecule has 2 N–H and O–H groups in total. The number of hydrogen-bond acceptors (Lipinski definition) is 4. The van der Waals surface area contributed by atoms with Crippen molar-refractivity contribution < 1.29 is 14.3 Å². The normalized spacial score (nSPS) is 15.1. The van der Waals surface area contributed by atoms with E-state index in [2.05, 4.69) is 10.6 Å². The largest absolute Gasteiger partial charge is 0.496 e. The maximum Gasteiger partial charge on any atom is 0.223 e. The number of piperidine rings is 1. The molecule has 1 heterocycles. The van der Waals surface area contributed by atoms with Gasteiger partial charge >= 0.3 is 0 Å². The molecule has 0 saturated carbocycles. The Balaban J connectivity index is 1.69. The molecule has 2 rings (SSSR count). The minimum atomic E-state index is 0.0130. The van der Waals surface area contributed by atoms with Crippen molar-refractivity contribution in [1.82, 2.24) is 10.6 Å². The number of Topliss-reactive ketones (excluding diaryl/α,β-unsaturated/α-hetero) is 1. The molecule has 0 bridgehead atoms. The number of ether oxygens (including phenoxy) is 1. The number of benzene rings is 1. The van der Waals surface area contributed by atoms with E-state index in [1.165, 1.54) is 7.11 Å². The van der Waals surface area contributed by atoms with Gasteiger partial charge in [0, 0.05) is 23.9 Å². The number of amides is 1. The summed E-state index contributed by atoms with van der Waals surface area (Å²) in [5.41, 5.74) is 0.517. The topological polar surface area (TPSA) is 67.4 Å². The summed E-state index contributed by atoms with van der Waals surface area (Å²) in [4.78, 5) is 24.3. The predicted molar refractivity (Wildman–Crippen MR) is 94.8 cm³/mol. The van der Waals surface area contributed by atoms with E-state index in [4.69, 9.17) is 16.3 Å². The zero-order chi connectivity index (χ0) is 17.4. The van der Waals surface area contributed by atoms with E-state index in [-0.39, 0.29) is 17.6 Å². The molecular weight excluding hydrogens is 328 g/mol. The molecule has 0 spiro atoms. The molecule has 1 saturated heterocycles. The zero-order valence-electron chi connectivity index (χ0n) is 14.1. The number of methoxy groups -OCH3 is 1. The second-order valence-corrected chi connectivity index (χ2v) is 6.48. The van der Waals surface area contributed by atoms with Gasteiger partial charge < -0.3 is 15.4 Å². The Bertz CT molecular complexity index is 571. The monoisotopic (exact) mass is 352 g/mol. The number of carbonyl (C=O) groups is 2. The molecule has 1 aliphatic heterocycles. The minimum Gasteiger partial charge on any atom is -0.496 e. The van der Waals surface area contributed by atoms with Gasteiger partial charge in [0.2, 0.25) is 5.91 Å². The predicted octanol–water partition coefficient (Wildman–Crippen LogP) is 2.82. The Morgan fingerprint density at radius 2 is 2.04 bits per heavy atom. The van der Waals surface area contributed by atoms with Gasteiger partial charge in [-0.1, -0.05) is 11.6 Å². The van der Waals surface area contributed by atoms with E-state index in [1.54, 1.807) is 18.2 Å². The molecule has 1 aliphatic rings. The van der Waals surface area contributed by atoms with Gasteiger partial charge in [-0.25, -0.2) is 0 Å². The first-order valence-corrected chi connectivity index (χ1v) is 8.84. The Morgan fingerprint density at radius 3 is 2.75 bits per heavy atom. The summed E-state index contributed by atoms with van der Waals surface area (Å²) < 4.78 is 5.21.